The molecule has 0 unspecified atom stereocenters. The van der Waals surface area contributed by atoms with E-state index in [4.69, 9.17) is 4.74 Å². The molecule has 1 aromatic rings. The lowest BCUT2D eigenvalue weighted by Crippen LogP contribution is -2.51. The van der Waals surface area contributed by atoms with E-state index >= 15 is 0 Å². The van der Waals surface area contributed by atoms with Crippen LogP contribution in [0.25, 0.3) is 0 Å². The Morgan fingerprint density at radius 1 is 1.03 bits per heavy atom. The highest BCUT2D eigenvalue weighted by molar-refractivity contribution is 6.07. The highest BCUT2D eigenvalue weighted by Crippen LogP contribution is 2.59. The molecule has 0 radical (unpaired) electrons. The second kappa shape index (κ2) is 7.01. The lowest BCUT2D eigenvalue weighted by molar-refractivity contribution is -0.151. The zero-order chi connectivity index (χ0) is 21.0. The number of carbonyl (C=O) groups is 3. The lowest BCUT2D eigenvalue weighted by Gasteiger charge is -2.22. The first-order valence-corrected chi connectivity index (χ1v) is 10.3. The quantitative estimate of drug-likeness (QED) is 0.627. The fourth-order valence-electron chi connectivity index (χ4n) is 5.56. The van der Waals surface area contributed by atoms with Crippen LogP contribution in [-0.2, 0) is 14.4 Å². The summed E-state index contributed by atoms with van der Waals surface area (Å²) in [6.07, 6.45) is 1.06. The Labute approximate surface area is 171 Å². The molecule has 3 aliphatic rings. The molecule has 2 saturated carbocycles. The smallest absolute Gasteiger partial charge is 0.279 e. The van der Waals surface area contributed by atoms with Crippen LogP contribution in [-0.4, -0.2) is 28.8 Å². The summed E-state index contributed by atoms with van der Waals surface area (Å²) in [5, 5.41) is 0.951. The van der Waals surface area contributed by atoms with E-state index in [1.807, 2.05) is 32.0 Å². The summed E-state index contributed by atoms with van der Waals surface area (Å²) in [6, 6.07) is 5.73. The molecule has 5 atom stereocenters. The topological polar surface area (TPSA) is 75.7 Å². The van der Waals surface area contributed by atoms with Crippen molar-refractivity contribution in [2.24, 2.45) is 23.7 Å². The van der Waals surface area contributed by atoms with E-state index in [1.165, 1.54) is 11.1 Å². The second-order valence-electron chi connectivity index (χ2n) is 8.87. The molecule has 1 heterocycles. The molecule has 1 N–H and O–H groups in total. The van der Waals surface area contributed by atoms with Gasteiger partial charge in [-0.15, -0.1) is 0 Å². The molecule has 1 saturated heterocycles. The fourth-order valence-corrected chi connectivity index (χ4v) is 5.56. The molecule has 6 nitrogen and oxygen atoms in total. The molecule has 2 aliphatic carbocycles. The fraction of sp³-hybridized carbons (Fsp3) is 0.522. The summed E-state index contributed by atoms with van der Waals surface area (Å²) in [7, 11) is 0. The van der Waals surface area contributed by atoms with Gasteiger partial charge in [0, 0.05) is 0 Å². The first kappa shape index (κ1) is 19.7. The molecular formula is C23H28N2O4. The molecule has 0 spiro atoms. The van der Waals surface area contributed by atoms with E-state index in [0.717, 1.165) is 29.0 Å². The largest absolute Gasteiger partial charge is 0.481 e. The number of allylic oxidation sites excluding steroid dienone is 2. The number of nitrogens with zero attached hydrogens (tertiary/aromatic N) is 1. The predicted molar refractivity (Wildman–Crippen MR) is 108 cm³/mol. The average molecular weight is 396 g/mol. The summed E-state index contributed by atoms with van der Waals surface area (Å²) >= 11 is 0. The molecule has 3 amide bonds. The van der Waals surface area contributed by atoms with Gasteiger partial charge < -0.3 is 4.74 Å². The lowest BCUT2D eigenvalue weighted by atomic mass is 9.81. The van der Waals surface area contributed by atoms with Crippen LogP contribution in [0.2, 0.25) is 0 Å². The number of benzene rings is 1. The van der Waals surface area contributed by atoms with Crippen LogP contribution in [0.3, 0.4) is 0 Å². The number of fused-ring (bicyclic) bond motifs is 5. The summed E-state index contributed by atoms with van der Waals surface area (Å²) < 4.78 is 5.75. The summed E-state index contributed by atoms with van der Waals surface area (Å²) in [6.45, 7) is 9.65. The Morgan fingerprint density at radius 3 is 2.03 bits per heavy atom. The monoisotopic (exact) mass is 396 g/mol. The SMILES string of the molecule is CC(C)=C1[C@@H]2CC[C@@H]1[C@@H]1C(=O)N(NC(=O)[C@@H](C)Oc3cc(C)cc(C)c3)C(=O)[C@H]12. The van der Waals surface area contributed by atoms with Gasteiger partial charge in [-0.25, -0.2) is 0 Å². The van der Waals surface area contributed by atoms with Gasteiger partial charge in [-0.3, -0.25) is 19.8 Å². The molecule has 2 bridgehead atoms. The molecule has 0 aromatic heterocycles. The van der Waals surface area contributed by atoms with Crippen LogP contribution >= 0.6 is 0 Å². The van der Waals surface area contributed by atoms with Crippen molar-refractivity contribution in [1.29, 1.82) is 0 Å². The van der Waals surface area contributed by atoms with Crippen molar-refractivity contribution in [3.8, 4) is 5.75 Å². The number of nitrogens with one attached hydrogen (secondary N) is 1. The third-order valence-electron chi connectivity index (χ3n) is 6.53. The minimum absolute atomic E-state index is 0.136. The predicted octanol–water partition coefficient (Wildman–Crippen LogP) is 3.08. The minimum atomic E-state index is -0.831. The Hall–Kier alpha value is -2.63. The molecular weight excluding hydrogens is 368 g/mol. The van der Waals surface area contributed by atoms with Crippen LogP contribution in [0.4, 0.5) is 0 Å². The number of amides is 3. The molecule has 1 aromatic carbocycles. The number of hydrazine groups is 1. The van der Waals surface area contributed by atoms with E-state index in [2.05, 4.69) is 19.3 Å². The summed E-state index contributed by atoms with van der Waals surface area (Å²) in [5.74, 6) is -0.859. The molecule has 1 aliphatic heterocycles. The van der Waals surface area contributed by atoms with Crippen LogP contribution in [0.5, 0.6) is 5.75 Å². The van der Waals surface area contributed by atoms with Crippen LogP contribution in [0.15, 0.2) is 29.3 Å². The Kier molecular flexibility index (Phi) is 4.75. The maximum Gasteiger partial charge on any atom is 0.279 e. The van der Waals surface area contributed by atoms with E-state index < -0.39 is 12.0 Å². The van der Waals surface area contributed by atoms with Crippen LogP contribution < -0.4 is 10.2 Å². The first-order chi connectivity index (χ1) is 13.7. The Morgan fingerprint density at radius 2 is 1.55 bits per heavy atom. The molecule has 4 rings (SSSR count). The highest BCUT2D eigenvalue weighted by atomic mass is 16.5. The third-order valence-corrected chi connectivity index (χ3v) is 6.53. The second-order valence-corrected chi connectivity index (χ2v) is 8.87. The maximum atomic E-state index is 13.0. The number of rotatable bonds is 4. The number of aryl methyl sites for hydroxylation is 2. The van der Waals surface area contributed by atoms with Crippen molar-refractivity contribution in [2.75, 3.05) is 0 Å². The van der Waals surface area contributed by atoms with Gasteiger partial charge in [-0.2, -0.15) is 5.01 Å². The Bertz CT molecular complexity index is 879. The van der Waals surface area contributed by atoms with Gasteiger partial charge in [-0.05, 0) is 82.6 Å². The van der Waals surface area contributed by atoms with E-state index in [-0.39, 0.29) is 35.5 Å². The van der Waals surface area contributed by atoms with Crippen LogP contribution in [0, 0.1) is 37.5 Å². The number of ether oxygens (including phenoxy) is 1. The zero-order valence-electron chi connectivity index (χ0n) is 17.6. The van der Waals surface area contributed by atoms with Gasteiger partial charge in [-0.1, -0.05) is 17.2 Å². The van der Waals surface area contributed by atoms with Crippen molar-refractivity contribution < 1.29 is 19.1 Å². The average Bonchev–Trinajstić information content (AvgIpc) is 3.26. The minimum Gasteiger partial charge on any atom is -0.481 e. The number of hydrogen-bond donors (Lipinski definition) is 1. The van der Waals surface area contributed by atoms with Crippen molar-refractivity contribution in [1.82, 2.24) is 10.4 Å². The standard InChI is InChI=1S/C23H28N2O4/c1-11(2)18-16-6-7-17(18)20-19(16)22(27)25(23(20)28)24-21(26)14(5)29-15-9-12(3)8-13(4)10-15/h8-10,14,16-17,19-20H,6-7H2,1-5H3,(H,24,26)/t14-,16+,17+,19+,20+/m1/s1. The number of carbonyl (C=O) groups excluding carboxylic acids is 3. The first-order valence-electron chi connectivity index (χ1n) is 10.3. The third kappa shape index (κ3) is 3.15. The Balaban J connectivity index is 1.47. The maximum absolute atomic E-state index is 13.0. The van der Waals surface area contributed by atoms with Gasteiger partial charge in [0.05, 0.1) is 11.8 Å². The van der Waals surface area contributed by atoms with Crippen LogP contribution in [0.1, 0.15) is 44.7 Å². The van der Waals surface area contributed by atoms with Crippen molar-refractivity contribution in [3.63, 3.8) is 0 Å². The van der Waals surface area contributed by atoms with E-state index in [0.29, 0.717) is 5.75 Å². The van der Waals surface area contributed by atoms with Gasteiger partial charge in [0.2, 0.25) is 0 Å². The summed E-state index contributed by atoms with van der Waals surface area (Å²) in [4.78, 5) is 38.6. The van der Waals surface area contributed by atoms with Crippen molar-refractivity contribution >= 4 is 17.7 Å². The summed E-state index contributed by atoms with van der Waals surface area (Å²) in [5.41, 5.74) is 7.11. The normalized spacial score (nSPS) is 28.6. The molecule has 29 heavy (non-hydrogen) atoms. The van der Waals surface area contributed by atoms with Gasteiger partial charge in [0.15, 0.2) is 6.10 Å². The molecule has 3 fully saturated rings. The van der Waals surface area contributed by atoms with E-state index in [9.17, 15) is 14.4 Å². The zero-order valence-corrected chi connectivity index (χ0v) is 17.6. The highest BCUT2D eigenvalue weighted by Gasteiger charge is 2.63. The number of hydrogen-bond acceptors (Lipinski definition) is 4. The van der Waals surface area contributed by atoms with E-state index in [1.54, 1.807) is 6.92 Å². The van der Waals surface area contributed by atoms with Crippen molar-refractivity contribution in [3.05, 3.63) is 40.5 Å². The van der Waals surface area contributed by atoms with Crippen molar-refractivity contribution in [2.45, 2.75) is 53.6 Å². The molecule has 154 valence electrons. The van der Waals surface area contributed by atoms with Gasteiger partial charge >= 0.3 is 0 Å². The van der Waals surface area contributed by atoms with Gasteiger partial charge in [0.1, 0.15) is 5.75 Å². The number of imide groups is 1. The molecule has 6 heteroatoms. The van der Waals surface area contributed by atoms with Gasteiger partial charge in [0.25, 0.3) is 17.7 Å².